The van der Waals surface area contributed by atoms with Gasteiger partial charge >= 0.3 is 11.9 Å². The number of morpholine rings is 1. The molecule has 0 bridgehead atoms. The number of cyclic esters (lactones) is 2. The normalized spacial score (nSPS) is 17.3. The molecule has 0 amide bonds. The minimum Gasteiger partial charge on any atom is -0.391 e. The average Bonchev–Trinajstić information content (AvgIpc) is 2.20. The van der Waals surface area contributed by atoms with Gasteiger partial charge in [-0.25, -0.2) is 0 Å². The Morgan fingerprint density at radius 1 is 1.38 bits per heavy atom. The lowest BCUT2D eigenvalue weighted by Crippen LogP contribution is -2.42. The Bertz CT molecular complexity index is 415. The van der Waals surface area contributed by atoms with Gasteiger partial charge in [-0.3, -0.25) is 19.5 Å². The molecular weight excluding hydrogens is 208 g/mol. The van der Waals surface area contributed by atoms with Crippen molar-refractivity contribution in [1.82, 2.24) is 9.88 Å². The van der Waals surface area contributed by atoms with E-state index < -0.39 is 11.9 Å². The van der Waals surface area contributed by atoms with Crippen LogP contribution in [0.5, 0.6) is 0 Å². The predicted molar refractivity (Wildman–Crippen MR) is 55.4 cm³/mol. The SMILES string of the molecule is Cc1cnccc1CN1CC(=O)OC(=O)C1. The standard InChI is InChI=1S/C11H12N2O3/c1-8-4-12-3-2-9(8)5-13-6-10(14)16-11(15)7-13/h2-4H,5-7H2,1H3. The molecule has 1 saturated heterocycles. The van der Waals surface area contributed by atoms with Crippen LogP contribution in [-0.2, 0) is 20.9 Å². The zero-order chi connectivity index (χ0) is 11.5. The van der Waals surface area contributed by atoms with Crippen LogP contribution in [0.2, 0.25) is 0 Å². The van der Waals surface area contributed by atoms with Gasteiger partial charge in [-0.2, -0.15) is 0 Å². The minimum absolute atomic E-state index is 0.160. The second kappa shape index (κ2) is 4.40. The first-order valence-corrected chi connectivity index (χ1v) is 5.00. The second-order valence-electron chi connectivity index (χ2n) is 3.79. The Labute approximate surface area is 93.0 Å². The third kappa shape index (κ3) is 2.43. The molecule has 1 fully saturated rings. The maximum Gasteiger partial charge on any atom is 0.327 e. The first-order valence-electron chi connectivity index (χ1n) is 5.00. The molecule has 0 spiro atoms. The average molecular weight is 220 g/mol. The largest absolute Gasteiger partial charge is 0.391 e. The summed E-state index contributed by atoms with van der Waals surface area (Å²) in [6.45, 7) is 2.84. The molecule has 0 radical (unpaired) electrons. The topological polar surface area (TPSA) is 59.5 Å². The van der Waals surface area contributed by atoms with Crippen LogP contribution in [0.4, 0.5) is 0 Å². The van der Waals surface area contributed by atoms with Crippen molar-refractivity contribution >= 4 is 11.9 Å². The molecule has 5 nitrogen and oxygen atoms in total. The van der Waals surface area contributed by atoms with E-state index in [9.17, 15) is 9.59 Å². The Hall–Kier alpha value is -1.75. The molecule has 1 aliphatic rings. The Morgan fingerprint density at radius 2 is 2.06 bits per heavy atom. The van der Waals surface area contributed by atoms with Gasteiger partial charge < -0.3 is 4.74 Å². The molecule has 0 atom stereocenters. The van der Waals surface area contributed by atoms with E-state index in [1.807, 2.05) is 13.0 Å². The third-order valence-corrected chi connectivity index (χ3v) is 2.46. The zero-order valence-corrected chi connectivity index (χ0v) is 8.97. The van der Waals surface area contributed by atoms with Crippen molar-refractivity contribution in [2.45, 2.75) is 13.5 Å². The number of carbonyl (C=O) groups is 2. The summed E-state index contributed by atoms with van der Waals surface area (Å²) < 4.78 is 4.45. The summed E-state index contributed by atoms with van der Waals surface area (Å²) in [5.74, 6) is -0.967. The maximum absolute atomic E-state index is 11.1. The van der Waals surface area contributed by atoms with Crippen LogP contribution in [0, 0.1) is 6.92 Å². The molecule has 0 unspecified atom stereocenters. The number of hydrogen-bond acceptors (Lipinski definition) is 5. The molecule has 0 aliphatic carbocycles. The van der Waals surface area contributed by atoms with E-state index in [0.29, 0.717) is 6.54 Å². The lowest BCUT2D eigenvalue weighted by Gasteiger charge is -2.24. The van der Waals surface area contributed by atoms with E-state index in [1.54, 1.807) is 17.3 Å². The number of pyridine rings is 1. The number of rotatable bonds is 2. The van der Waals surface area contributed by atoms with Crippen LogP contribution in [0.1, 0.15) is 11.1 Å². The fourth-order valence-electron chi connectivity index (χ4n) is 1.64. The van der Waals surface area contributed by atoms with Crippen molar-refractivity contribution in [3.63, 3.8) is 0 Å². The van der Waals surface area contributed by atoms with Gasteiger partial charge in [-0.15, -0.1) is 0 Å². The number of nitrogens with zero attached hydrogens (tertiary/aromatic N) is 2. The molecule has 16 heavy (non-hydrogen) atoms. The van der Waals surface area contributed by atoms with Gasteiger partial charge in [-0.05, 0) is 24.1 Å². The minimum atomic E-state index is -0.483. The summed E-state index contributed by atoms with van der Waals surface area (Å²) in [4.78, 5) is 27.9. The fraction of sp³-hybridized carbons (Fsp3) is 0.364. The van der Waals surface area contributed by atoms with Crippen molar-refractivity contribution in [1.29, 1.82) is 0 Å². The van der Waals surface area contributed by atoms with E-state index in [4.69, 9.17) is 0 Å². The van der Waals surface area contributed by atoms with E-state index in [0.717, 1.165) is 11.1 Å². The lowest BCUT2D eigenvalue weighted by atomic mass is 10.1. The molecule has 2 rings (SSSR count). The van der Waals surface area contributed by atoms with Crippen molar-refractivity contribution in [2.24, 2.45) is 0 Å². The van der Waals surface area contributed by atoms with Crippen LogP contribution in [0.25, 0.3) is 0 Å². The molecule has 1 aromatic heterocycles. The molecular formula is C11H12N2O3. The fourth-order valence-corrected chi connectivity index (χ4v) is 1.64. The van der Waals surface area contributed by atoms with Gasteiger partial charge in [0.25, 0.3) is 0 Å². The molecule has 0 saturated carbocycles. The summed E-state index contributed by atoms with van der Waals surface area (Å²) in [5, 5.41) is 0. The van der Waals surface area contributed by atoms with E-state index in [2.05, 4.69) is 9.72 Å². The molecule has 1 aliphatic heterocycles. The molecule has 1 aromatic rings. The summed E-state index contributed by atoms with van der Waals surface area (Å²) in [7, 11) is 0. The van der Waals surface area contributed by atoms with E-state index in [1.165, 1.54) is 0 Å². The number of esters is 2. The van der Waals surface area contributed by atoms with Crippen molar-refractivity contribution in [3.8, 4) is 0 Å². The second-order valence-corrected chi connectivity index (χ2v) is 3.79. The van der Waals surface area contributed by atoms with Crippen molar-refractivity contribution in [3.05, 3.63) is 29.6 Å². The quantitative estimate of drug-likeness (QED) is 0.529. The highest BCUT2D eigenvalue weighted by molar-refractivity contribution is 5.90. The van der Waals surface area contributed by atoms with Gasteiger partial charge in [0.1, 0.15) is 0 Å². The van der Waals surface area contributed by atoms with Gasteiger partial charge in [-0.1, -0.05) is 0 Å². The van der Waals surface area contributed by atoms with E-state index >= 15 is 0 Å². The van der Waals surface area contributed by atoms with Crippen LogP contribution in [0.15, 0.2) is 18.5 Å². The van der Waals surface area contributed by atoms with E-state index in [-0.39, 0.29) is 13.1 Å². The number of aromatic nitrogens is 1. The summed E-state index contributed by atoms with van der Waals surface area (Å²) in [5.41, 5.74) is 2.12. The van der Waals surface area contributed by atoms with Crippen LogP contribution < -0.4 is 0 Å². The molecule has 84 valence electrons. The monoisotopic (exact) mass is 220 g/mol. The number of carbonyl (C=O) groups excluding carboxylic acids is 2. The molecule has 2 heterocycles. The smallest absolute Gasteiger partial charge is 0.327 e. The molecule has 0 aromatic carbocycles. The van der Waals surface area contributed by atoms with Crippen LogP contribution in [0.3, 0.4) is 0 Å². The van der Waals surface area contributed by atoms with Gasteiger partial charge in [0, 0.05) is 18.9 Å². The van der Waals surface area contributed by atoms with Crippen molar-refractivity contribution < 1.29 is 14.3 Å². The Kier molecular flexibility index (Phi) is 2.96. The molecule has 0 N–H and O–H groups in total. The number of ether oxygens (including phenoxy) is 1. The Morgan fingerprint density at radius 3 is 2.69 bits per heavy atom. The zero-order valence-electron chi connectivity index (χ0n) is 8.97. The first-order chi connectivity index (χ1) is 7.65. The lowest BCUT2D eigenvalue weighted by molar-refractivity contribution is -0.167. The predicted octanol–water partition coefficient (Wildman–Crippen LogP) is 0.275. The first kappa shape index (κ1) is 10.8. The summed E-state index contributed by atoms with van der Waals surface area (Å²) >= 11 is 0. The van der Waals surface area contributed by atoms with Gasteiger partial charge in [0.2, 0.25) is 0 Å². The number of aryl methyl sites for hydroxylation is 1. The van der Waals surface area contributed by atoms with Crippen molar-refractivity contribution in [2.75, 3.05) is 13.1 Å². The van der Waals surface area contributed by atoms with Crippen LogP contribution in [-0.4, -0.2) is 34.9 Å². The molecule has 5 heteroatoms. The highest BCUT2D eigenvalue weighted by atomic mass is 16.6. The third-order valence-electron chi connectivity index (χ3n) is 2.46. The summed E-state index contributed by atoms with van der Waals surface area (Å²) in [6, 6.07) is 1.89. The van der Waals surface area contributed by atoms with Crippen LogP contribution >= 0.6 is 0 Å². The highest BCUT2D eigenvalue weighted by Gasteiger charge is 2.24. The summed E-state index contributed by atoms with van der Waals surface area (Å²) in [6.07, 6.45) is 3.46. The maximum atomic E-state index is 11.1. The van der Waals surface area contributed by atoms with Gasteiger partial charge in [0.15, 0.2) is 0 Å². The number of hydrogen-bond donors (Lipinski definition) is 0. The highest BCUT2D eigenvalue weighted by Crippen LogP contribution is 2.11. The van der Waals surface area contributed by atoms with Gasteiger partial charge in [0.05, 0.1) is 13.1 Å². The Balaban J connectivity index is 2.07.